The Hall–Kier alpha value is -3.66. The number of furan rings is 1. The lowest BCUT2D eigenvalue weighted by Crippen LogP contribution is -2.36. The summed E-state index contributed by atoms with van der Waals surface area (Å²) in [6.07, 6.45) is 1.28. The van der Waals surface area contributed by atoms with Gasteiger partial charge >= 0.3 is 12.0 Å². The van der Waals surface area contributed by atoms with Crippen LogP contribution in [0.15, 0.2) is 40.4 Å². The van der Waals surface area contributed by atoms with Crippen molar-refractivity contribution >= 4 is 41.3 Å². The van der Waals surface area contributed by atoms with Crippen LogP contribution in [0.1, 0.15) is 5.76 Å². The number of nitro benzene ring substituents is 1. The molecule has 0 spiro atoms. The molecule has 3 rings (SSSR count). The first kappa shape index (κ1) is 19.1. The highest BCUT2D eigenvalue weighted by molar-refractivity contribution is 6.32. The first-order chi connectivity index (χ1) is 13.3. The third-order valence-electron chi connectivity index (χ3n) is 3.82. The maximum atomic E-state index is 12.2. The summed E-state index contributed by atoms with van der Waals surface area (Å²) in [4.78, 5) is 46.5. The Kier molecular flexibility index (Phi) is 5.14. The van der Waals surface area contributed by atoms with E-state index in [9.17, 15) is 24.5 Å². The number of rotatable bonds is 5. The normalized spacial score (nSPS) is 15.1. The molecule has 0 saturated carbocycles. The second kappa shape index (κ2) is 7.53. The van der Waals surface area contributed by atoms with Gasteiger partial charge in [0.05, 0.1) is 12.0 Å². The fourth-order valence-corrected chi connectivity index (χ4v) is 2.63. The molecular formula is C17H12ClN3O7. The van der Waals surface area contributed by atoms with Crippen LogP contribution in [0.2, 0.25) is 5.02 Å². The SMILES string of the molecule is COC(=O)CN1C(=O)N/C(=C\c2ccc(-c3ccc(Cl)c([N+](=O)[O-])c3)o2)C1=O. The van der Waals surface area contributed by atoms with Gasteiger partial charge in [-0.3, -0.25) is 19.7 Å². The molecule has 2 heterocycles. The Morgan fingerprint density at radius 1 is 1.36 bits per heavy atom. The minimum Gasteiger partial charge on any atom is -0.468 e. The molecule has 0 bridgehead atoms. The van der Waals surface area contributed by atoms with Crippen molar-refractivity contribution < 1.29 is 28.5 Å². The van der Waals surface area contributed by atoms with Crippen molar-refractivity contribution in [1.82, 2.24) is 10.2 Å². The number of esters is 1. The molecule has 1 aliphatic heterocycles. The van der Waals surface area contributed by atoms with E-state index < -0.39 is 29.4 Å². The molecule has 11 heteroatoms. The molecule has 3 amide bonds. The number of nitro groups is 1. The van der Waals surface area contributed by atoms with Crippen molar-refractivity contribution in [2.24, 2.45) is 0 Å². The monoisotopic (exact) mass is 405 g/mol. The second-order valence-electron chi connectivity index (χ2n) is 5.58. The van der Waals surface area contributed by atoms with Gasteiger partial charge in [-0.2, -0.15) is 0 Å². The number of imide groups is 1. The van der Waals surface area contributed by atoms with Gasteiger partial charge in [0.25, 0.3) is 11.6 Å². The van der Waals surface area contributed by atoms with E-state index in [0.717, 1.165) is 7.11 Å². The number of ether oxygens (including phenoxy) is 1. The molecular weight excluding hydrogens is 394 g/mol. The van der Waals surface area contributed by atoms with E-state index in [1.165, 1.54) is 24.3 Å². The molecule has 1 aromatic carbocycles. The second-order valence-corrected chi connectivity index (χ2v) is 5.99. The van der Waals surface area contributed by atoms with E-state index in [4.69, 9.17) is 16.0 Å². The smallest absolute Gasteiger partial charge is 0.329 e. The van der Waals surface area contributed by atoms with Crippen LogP contribution in [0.5, 0.6) is 0 Å². The van der Waals surface area contributed by atoms with Crippen LogP contribution in [0.4, 0.5) is 10.5 Å². The third kappa shape index (κ3) is 3.71. The van der Waals surface area contributed by atoms with E-state index in [0.29, 0.717) is 16.2 Å². The van der Waals surface area contributed by atoms with E-state index in [-0.39, 0.29) is 22.2 Å². The number of hydrogen-bond donors (Lipinski definition) is 1. The summed E-state index contributed by atoms with van der Waals surface area (Å²) in [5.74, 6) is -0.934. The molecule has 1 saturated heterocycles. The highest BCUT2D eigenvalue weighted by Crippen LogP contribution is 2.31. The number of methoxy groups -OCH3 is 1. The molecule has 10 nitrogen and oxygen atoms in total. The molecule has 2 aromatic rings. The highest BCUT2D eigenvalue weighted by atomic mass is 35.5. The molecule has 0 aliphatic carbocycles. The van der Waals surface area contributed by atoms with Crippen LogP contribution >= 0.6 is 11.6 Å². The third-order valence-corrected chi connectivity index (χ3v) is 4.14. The van der Waals surface area contributed by atoms with Crippen LogP contribution in [0.25, 0.3) is 17.4 Å². The average Bonchev–Trinajstić information content (AvgIpc) is 3.22. The Morgan fingerprint density at radius 3 is 2.79 bits per heavy atom. The van der Waals surface area contributed by atoms with Gasteiger partial charge in [0.1, 0.15) is 28.8 Å². The Balaban J connectivity index is 1.84. The van der Waals surface area contributed by atoms with Gasteiger partial charge in [-0.1, -0.05) is 11.6 Å². The van der Waals surface area contributed by atoms with Gasteiger partial charge in [-0.05, 0) is 24.3 Å². The largest absolute Gasteiger partial charge is 0.468 e. The highest BCUT2D eigenvalue weighted by Gasteiger charge is 2.35. The molecule has 0 atom stereocenters. The number of nitrogens with one attached hydrogen (secondary N) is 1. The first-order valence-electron chi connectivity index (χ1n) is 7.75. The summed E-state index contributed by atoms with van der Waals surface area (Å²) >= 11 is 5.79. The van der Waals surface area contributed by atoms with Crippen LogP contribution in [0, 0.1) is 10.1 Å². The standard InChI is InChI=1S/C17H12ClN3O7/c1-27-15(22)8-20-16(23)12(19-17(20)24)7-10-3-5-14(28-10)9-2-4-11(18)13(6-9)21(25)26/h2-7H,8H2,1H3,(H,19,24)/b12-7-. The summed E-state index contributed by atoms with van der Waals surface area (Å²) in [6, 6.07) is 6.49. The quantitative estimate of drug-likeness (QED) is 0.266. The van der Waals surface area contributed by atoms with Crippen molar-refractivity contribution in [2.45, 2.75) is 0 Å². The molecule has 1 aromatic heterocycles. The zero-order valence-corrected chi connectivity index (χ0v) is 15.1. The van der Waals surface area contributed by atoms with Gasteiger partial charge in [-0.25, -0.2) is 9.69 Å². The van der Waals surface area contributed by atoms with Gasteiger partial charge < -0.3 is 14.5 Å². The number of nitrogens with zero attached hydrogens (tertiary/aromatic N) is 2. The fourth-order valence-electron chi connectivity index (χ4n) is 2.44. The molecule has 1 fully saturated rings. The van der Waals surface area contributed by atoms with Crippen LogP contribution in [0.3, 0.4) is 0 Å². The molecule has 144 valence electrons. The lowest BCUT2D eigenvalue weighted by Gasteiger charge is -2.08. The molecule has 28 heavy (non-hydrogen) atoms. The van der Waals surface area contributed by atoms with Crippen LogP contribution < -0.4 is 5.32 Å². The first-order valence-corrected chi connectivity index (χ1v) is 8.13. The molecule has 0 unspecified atom stereocenters. The predicted octanol–water partition coefficient (Wildman–Crippen LogP) is 2.57. The molecule has 1 aliphatic rings. The topological polar surface area (TPSA) is 132 Å². The minimum atomic E-state index is -0.762. The number of carbonyl (C=O) groups excluding carboxylic acids is 3. The average molecular weight is 406 g/mol. The predicted molar refractivity (Wildman–Crippen MR) is 96.0 cm³/mol. The zero-order chi connectivity index (χ0) is 20.4. The Labute approximate surface area is 162 Å². The molecule has 0 radical (unpaired) electrons. The van der Waals surface area contributed by atoms with Crippen molar-refractivity contribution in [2.75, 3.05) is 13.7 Å². The number of benzene rings is 1. The number of halogens is 1. The summed E-state index contributed by atoms with van der Waals surface area (Å²) in [6.45, 7) is -0.518. The summed E-state index contributed by atoms with van der Waals surface area (Å²) in [5.41, 5.74) is 0.0545. The maximum absolute atomic E-state index is 12.2. The fraction of sp³-hybridized carbons (Fsp3) is 0.118. The van der Waals surface area contributed by atoms with Gasteiger partial charge in [0.2, 0.25) is 0 Å². The number of amides is 3. The zero-order valence-electron chi connectivity index (χ0n) is 14.3. The van der Waals surface area contributed by atoms with Gasteiger partial charge in [0.15, 0.2) is 0 Å². The van der Waals surface area contributed by atoms with Crippen molar-refractivity contribution in [1.29, 1.82) is 0 Å². The lowest BCUT2D eigenvalue weighted by molar-refractivity contribution is -0.384. The van der Waals surface area contributed by atoms with Crippen LogP contribution in [-0.4, -0.2) is 41.4 Å². The maximum Gasteiger partial charge on any atom is 0.329 e. The van der Waals surface area contributed by atoms with Crippen molar-refractivity contribution in [3.8, 4) is 11.3 Å². The lowest BCUT2D eigenvalue weighted by atomic mass is 10.1. The van der Waals surface area contributed by atoms with E-state index in [1.807, 2.05) is 0 Å². The van der Waals surface area contributed by atoms with Crippen molar-refractivity contribution in [3.63, 3.8) is 0 Å². The molecule has 1 N–H and O–H groups in total. The summed E-state index contributed by atoms with van der Waals surface area (Å²) < 4.78 is 10.0. The summed E-state index contributed by atoms with van der Waals surface area (Å²) in [7, 11) is 1.14. The van der Waals surface area contributed by atoms with Crippen molar-refractivity contribution in [3.05, 3.63) is 56.9 Å². The Bertz CT molecular complexity index is 1030. The van der Waals surface area contributed by atoms with Gasteiger partial charge in [-0.15, -0.1) is 0 Å². The number of carbonyl (C=O) groups is 3. The van der Waals surface area contributed by atoms with Crippen LogP contribution in [-0.2, 0) is 14.3 Å². The number of urea groups is 1. The Morgan fingerprint density at radius 2 is 2.11 bits per heavy atom. The van der Waals surface area contributed by atoms with E-state index in [1.54, 1.807) is 12.1 Å². The van der Waals surface area contributed by atoms with Gasteiger partial charge in [0, 0.05) is 17.7 Å². The minimum absolute atomic E-state index is 0.00684. The summed E-state index contributed by atoms with van der Waals surface area (Å²) in [5, 5.41) is 13.3. The van der Waals surface area contributed by atoms with E-state index >= 15 is 0 Å². The van der Waals surface area contributed by atoms with E-state index in [2.05, 4.69) is 10.1 Å². The number of hydrogen-bond acceptors (Lipinski definition) is 7.